The molecule has 1 nitrogen and oxygen atoms in total. The van der Waals surface area contributed by atoms with Crippen molar-refractivity contribution in [1.29, 1.82) is 0 Å². The van der Waals surface area contributed by atoms with Gasteiger partial charge in [0.05, 0.1) is 0 Å². The molecule has 0 aliphatic rings. The van der Waals surface area contributed by atoms with Crippen molar-refractivity contribution < 1.29 is 0 Å². The van der Waals surface area contributed by atoms with Gasteiger partial charge in [0.2, 0.25) is 0 Å². The summed E-state index contributed by atoms with van der Waals surface area (Å²) in [5.74, 6) is 3.33. The summed E-state index contributed by atoms with van der Waals surface area (Å²) in [5, 5.41) is 0. The van der Waals surface area contributed by atoms with Gasteiger partial charge in [-0.2, -0.15) is 0 Å². The Hall–Kier alpha value is -1.20. The van der Waals surface area contributed by atoms with Crippen LogP contribution in [-0.2, 0) is 0 Å². The van der Waals surface area contributed by atoms with Gasteiger partial charge in [0.15, 0.2) is 0 Å². The van der Waals surface area contributed by atoms with E-state index in [4.69, 9.17) is 0 Å². The lowest BCUT2D eigenvalue weighted by Crippen LogP contribution is -2.25. The van der Waals surface area contributed by atoms with Gasteiger partial charge in [-0.25, -0.2) is 0 Å². The van der Waals surface area contributed by atoms with E-state index in [1.165, 1.54) is 31.4 Å². The summed E-state index contributed by atoms with van der Waals surface area (Å²) in [6.45, 7) is 13.7. The molecule has 0 heterocycles. The maximum atomic E-state index is 3.43. The predicted molar refractivity (Wildman–Crippen MR) is 98.7 cm³/mol. The van der Waals surface area contributed by atoms with Gasteiger partial charge in [-0.05, 0) is 37.1 Å². The Morgan fingerprint density at radius 2 is 1.43 bits per heavy atom. The first-order chi connectivity index (χ1) is 9.96. The van der Waals surface area contributed by atoms with Crippen molar-refractivity contribution in [2.75, 3.05) is 18.0 Å². The van der Waals surface area contributed by atoms with Crippen molar-refractivity contribution in [3.63, 3.8) is 0 Å². The molecule has 0 saturated heterocycles. The molecular formula is C19H31NSi. The summed E-state index contributed by atoms with van der Waals surface area (Å²) in [6, 6.07) is 8.82. The van der Waals surface area contributed by atoms with E-state index in [9.17, 15) is 0 Å². The Balaban J connectivity index is 2.78. The Morgan fingerprint density at radius 1 is 0.905 bits per heavy atom. The minimum Gasteiger partial charge on any atom is -0.372 e. The third-order valence-electron chi connectivity index (χ3n) is 3.38. The molecule has 0 fully saturated rings. The van der Waals surface area contributed by atoms with E-state index in [1.54, 1.807) is 0 Å². The normalized spacial score (nSPS) is 10.9. The lowest BCUT2D eigenvalue weighted by Gasteiger charge is -2.24. The van der Waals surface area contributed by atoms with Crippen molar-refractivity contribution in [3.8, 4) is 11.5 Å². The van der Waals surface area contributed by atoms with Gasteiger partial charge in [0.25, 0.3) is 0 Å². The highest BCUT2D eigenvalue weighted by Crippen LogP contribution is 2.17. The van der Waals surface area contributed by atoms with Gasteiger partial charge in [-0.1, -0.05) is 52.3 Å². The Morgan fingerprint density at radius 3 is 1.86 bits per heavy atom. The highest BCUT2D eigenvalue weighted by Gasteiger charge is 2.08. The molecule has 0 unspecified atom stereocenters. The van der Waals surface area contributed by atoms with Crippen LogP contribution in [0.25, 0.3) is 0 Å². The van der Waals surface area contributed by atoms with Crippen LogP contribution >= 0.6 is 0 Å². The Labute approximate surface area is 132 Å². The smallest absolute Gasteiger partial charge is 0.129 e. The zero-order valence-electron chi connectivity index (χ0n) is 14.5. The first kappa shape index (κ1) is 17.8. The summed E-state index contributed by atoms with van der Waals surface area (Å²) >= 11 is 0. The Kier molecular flexibility index (Phi) is 7.60. The first-order valence-corrected chi connectivity index (χ1v) is 11.8. The summed E-state index contributed by atoms with van der Waals surface area (Å²) in [7, 11) is -1.28. The molecule has 1 aromatic carbocycles. The molecule has 0 atom stereocenters. The van der Waals surface area contributed by atoms with E-state index in [0.29, 0.717) is 0 Å². The maximum absolute atomic E-state index is 3.43. The van der Waals surface area contributed by atoms with Crippen LogP contribution in [0.2, 0.25) is 19.6 Å². The highest BCUT2D eigenvalue weighted by molar-refractivity contribution is 6.83. The van der Waals surface area contributed by atoms with Crippen molar-refractivity contribution in [2.45, 2.75) is 59.2 Å². The second kappa shape index (κ2) is 8.95. The van der Waals surface area contributed by atoms with Gasteiger partial charge >= 0.3 is 0 Å². The molecule has 0 spiro atoms. The lowest BCUT2D eigenvalue weighted by molar-refractivity contribution is 0.678. The fraction of sp³-hybridized carbons (Fsp3) is 0.579. The predicted octanol–water partition coefficient (Wildman–Crippen LogP) is 5.32. The zero-order chi connectivity index (χ0) is 15.7. The van der Waals surface area contributed by atoms with E-state index in [-0.39, 0.29) is 0 Å². The van der Waals surface area contributed by atoms with Crippen molar-refractivity contribution in [1.82, 2.24) is 0 Å². The minimum atomic E-state index is -1.28. The molecule has 2 heteroatoms. The first-order valence-electron chi connectivity index (χ1n) is 8.34. The van der Waals surface area contributed by atoms with Gasteiger partial charge in [-0.3, -0.25) is 0 Å². The molecule has 116 valence electrons. The number of anilines is 1. The standard InChI is InChI=1S/C19H31NSi/c1-6-8-15-20(16-9-7-2)19-12-10-18(11-13-19)14-17-21(3,4)5/h10-13H,6-9,15-16H2,1-5H3. The molecular weight excluding hydrogens is 270 g/mol. The third kappa shape index (κ3) is 7.39. The quantitative estimate of drug-likeness (QED) is 0.486. The zero-order valence-corrected chi connectivity index (χ0v) is 15.5. The molecule has 1 aromatic rings. The number of benzene rings is 1. The van der Waals surface area contributed by atoms with Crippen LogP contribution in [0, 0.1) is 11.5 Å². The average molecular weight is 302 g/mol. The largest absolute Gasteiger partial charge is 0.372 e. The fourth-order valence-electron chi connectivity index (χ4n) is 2.08. The van der Waals surface area contributed by atoms with Gasteiger partial charge in [0.1, 0.15) is 8.07 Å². The van der Waals surface area contributed by atoms with Crippen molar-refractivity contribution >= 4 is 13.8 Å². The monoisotopic (exact) mass is 301 g/mol. The van der Waals surface area contributed by atoms with Crippen LogP contribution in [-0.4, -0.2) is 21.2 Å². The summed E-state index contributed by atoms with van der Waals surface area (Å²) in [5.41, 5.74) is 5.92. The number of nitrogens with zero attached hydrogens (tertiary/aromatic N) is 1. The number of hydrogen-bond donors (Lipinski definition) is 0. The molecule has 0 bridgehead atoms. The average Bonchev–Trinajstić information content (AvgIpc) is 2.45. The minimum absolute atomic E-state index is 1.15. The van der Waals surface area contributed by atoms with E-state index in [0.717, 1.165) is 18.7 Å². The third-order valence-corrected chi connectivity index (χ3v) is 4.25. The van der Waals surface area contributed by atoms with Crippen LogP contribution in [0.5, 0.6) is 0 Å². The van der Waals surface area contributed by atoms with E-state index >= 15 is 0 Å². The summed E-state index contributed by atoms with van der Waals surface area (Å²) < 4.78 is 0. The molecule has 21 heavy (non-hydrogen) atoms. The SMILES string of the molecule is CCCCN(CCCC)c1ccc(C#C[Si](C)(C)C)cc1. The van der Waals surface area contributed by atoms with Gasteiger partial charge < -0.3 is 4.90 Å². The fourth-order valence-corrected chi connectivity index (χ4v) is 2.60. The van der Waals surface area contributed by atoms with Gasteiger partial charge in [-0.15, -0.1) is 5.54 Å². The van der Waals surface area contributed by atoms with Crippen LogP contribution < -0.4 is 4.90 Å². The molecule has 1 rings (SSSR count). The molecule has 0 N–H and O–H groups in total. The number of rotatable bonds is 7. The topological polar surface area (TPSA) is 3.24 Å². The lowest BCUT2D eigenvalue weighted by atomic mass is 10.2. The van der Waals surface area contributed by atoms with Crippen LogP contribution in [0.4, 0.5) is 5.69 Å². The molecule has 0 aliphatic heterocycles. The number of unbranched alkanes of at least 4 members (excludes halogenated alkanes) is 2. The summed E-state index contributed by atoms with van der Waals surface area (Å²) in [6.07, 6.45) is 5.03. The van der Waals surface area contributed by atoms with Crippen molar-refractivity contribution in [2.24, 2.45) is 0 Å². The van der Waals surface area contributed by atoms with Crippen LogP contribution in [0.3, 0.4) is 0 Å². The maximum Gasteiger partial charge on any atom is 0.129 e. The second-order valence-electron chi connectivity index (χ2n) is 6.74. The number of hydrogen-bond acceptors (Lipinski definition) is 1. The van der Waals surface area contributed by atoms with E-state index in [1.807, 2.05) is 0 Å². The second-order valence-corrected chi connectivity index (χ2v) is 11.5. The molecule has 0 saturated carbocycles. The molecule has 0 aliphatic carbocycles. The molecule has 0 radical (unpaired) electrons. The summed E-state index contributed by atoms with van der Waals surface area (Å²) in [4.78, 5) is 2.52. The molecule has 0 amide bonds. The van der Waals surface area contributed by atoms with E-state index in [2.05, 4.69) is 74.1 Å². The highest BCUT2D eigenvalue weighted by atomic mass is 28.3. The van der Waals surface area contributed by atoms with Crippen LogP contribution in [0.15, 0.2) is 24.3 Å². The van der Waals surface area contributed by atoms with Crippen LogP contribution in [0.1, 0.15) is 45.1 Å². The van der Waals surface area contributed by atoms with Crippen molar-refractivity contribution in [3.05, 3.63) is 29.8 Å². The van der Waals surface area contributed by atoms with Gasteiger partial charge in [0, 0.05) is 24.3 Å². The molecule has 0 aromatic heterocycles. The Bertz CT molecular complexity index is 451. The van der Waals surface area contributed by atoms with E-state index < -0.39 is 8.07 Å².